The van der Waals surface area contributed by atoms with Gasteiger partial charge in [0.15, 0.2) is 11.5 Å². The average Bonchev–Trinajstić information content (AvgIpc) is 2.52. The van der Waals surface area contributed by atoms with E-state index >= 15 is 0 Å². The molecule has 0 radical (unpaired) electrons. The number of ether oxygens (including phenoxy) is 2. The van der Waals surface area contributed by atoms with Crippen molar-refractivity contribution in [2.75, 3.05) is 13.2 Å². The summed E-state index contributed by atoms with van der Waals surface area (Å²) in [6.45, 7) is 1.11. The van der Waals surface area contributed by atoms with Gasteiger partial charge in [-0.15, -0.1) is 0 Å². The van der Waals surface area contributed by atoms with Gasteiger partial charge in [-0.05, 0) is 41.8 Å². The van der Waals surface area contributed by atoms with E-state index in [2.05, 4.69) is 5.43 Å². The second-order valence-electron chi connectivity index (χ2n) is 4.96. The third-order valence-electron chi connectivity index (χ3n) is 3.50. The monoisotopic (exact) mass is 288 g/mol. The number of hydrazine groups is 1. The minimum absolute atomic E-state index is 0.123. The summed E-state index contributed by atoms with van der Waals surface area (Å²) in [5, 5.41) is 0. The first-order valence-corrected chi connectivity index (χ1v) is 6.86. The zero-order valence-electron chi connectivity index (χ0n) is 11.5. The number of nitrogens with one attached hydrogen (secondary N) is 1. The van der Waals surface area contributed by atoms with Crippen LogP contribution < -0.4 is 20.7 Å². The van der Waals surface area contributed by atoms with Gasteiger partial charge in [0.25, 0.3) is 0 Å². The molecule has 0 aliphatic carbocycles. The highest BCUT2D eigenvalue weighted by molar-refractivity contribution is 5.45. The third kappa shape index (κ3) is 3.15. The summed E-state index contributed by atoms with van der Waals surface area (Å²) in [5.41, 5.74) is 4.63. The Hall–Kier alpha value is -2.11. The van der Waals surface area contributed by atoms with E-state index in [1.165, 1.54) is 12.1 Å². The number of benzene rings is 2. The number of halogens is 1. The lowest BCUT2D eigenvalue weighted by atomic mass is 9.99. The van der Waals surface area contributed by atoms with Crippen molar-refractivity contribution < 1.29 is 13.9 Å². The number of nitrogens with two attached hydrogens (primary N) is 1. The molecule has 1 atom stereocenters. The Morgan fingerprint density at radius 2 is 1.90 bits per heavy atom. The van der Waals surface area contributed by atoms with Crippen LogP contribution >= 0.6 is 0 Å². The van der Waals surface area contributed by atoms with Gasteiger partial charge in [0.1, 0.15) is 19.0 Å². The van der Waals surface area contributed by atoms with Gasteiger partial charge >= 0.3 is 0 Å². The predicted molar refractivity (Wildman–Crippen MR) is 77.6 cm³/mol. The lowest BCUT2D eigenvalue weighted by Gasteiger charge is -2.22. The first-order chi connectivity index (χ1) is 10.3. The summed E-state index contributed by atoms with van der Waals surface area (Å²) >= 11 is 0. The number of hydrogen-bond donors (Lipinski definition) is 2. The molecule has 0 spiro atoms. The predicted octanol–water partition coefficient (Wildman–Crippen LogP) is 2.34. The van der Waals surface area contributed by atoms with E-state index in [9.17, 15) is 4.39 Å². The standard InChI is InChI=1S/C16H17FN2O2/c17-13-3-1-2-11(8-13)9-14(19-18)12-4-5-15-16(10-12)21-7-6-20-15/h1-5,8,10,14,19H,6-7,9,18H2. The number of fused-ring (bicyclic) bond motifs is 1. The summed E-state index contributed by atoms with van der Waals surface area (Å²) in [6, 6.07) is 12.1. The SMILES string of the molecule is NNC(Cc1cccc(F)c1)c1ccc2c(c1)OCCO2. The molecule has 21 heavy (non-hydrogen) atoms. The van der Waals surface area contributed by atoms with Gasteiger partial charge in [-0.1, -0.05) is 18.2 Å². The van der Waals surface area contributed by atoms with Crippen LogP contribution in [-0.2, 0) is 6.42 Å². The molecular weight excluding hydrogens is 271 g/mol. The smallest absolute Gasteiger partial charge is 0.161 e. The maximum Gasteiger partial charge on any atom is 0.161 e. The van der Waals surface area contributed by atoms with Gasteiger partial charge in [0.05, 0.1) is 6.04 Å². The van der Waals surface area contributed by atoms with Crippen LogP contribution in [0.2, 0.25) is 0 Å². The highest BCUT2D eigenvalue weighted by Gasteiger charge is 2.16. The van der Waals surface area contributed by atoms with Gasteiger partial charge in [-0.25, -0.2) is 4.39 Å². The molecule has 1 aliphatic rings. The molecule has 2 aromatic rings. The normalized spacial score (nSPS) is 14.8. The minimum Gasteiger partial charge on any atom is -0.486 e. The van der Waals surface area contributed by atoms with Crippen LogP contribution in [0.5, 0.6) is 11.5 Å². The Kier molecular flexibility index (Phi) is 4.03. The van der Waals surface area contributed by atoms with Crippen molar-refractivity contribution in [1.82, 2.24) is 5.43 Å². The van der Waals surface area contributed by atoms with Crippen molar-refractivity contribution in [3.05, 3.63) is 59.4 Å². The van der Waals surface area contributed by atoms with E-state index in [0.717, 1.165) is 22.6 Å². The van der Waals surface area contributed by atoms with E-state index in [-0.39, 0.29) is 11.9 Å². The molecule has 0 aromatic heterocycles. The van der Waals surface area contributed by atoms with Crippen molar-refractivity contribution >= 4 is 0 Å². The maximum atomic E-state index is 13.3. The highest BCUT2D eigenvalue weighted by Crippen LogP contribution is 2.33. The fourth-order valence-corrected chi connectivity index (χ4v) is 2.45. The van der Waals surface area contributed by atoms with Crippen molar-refractivity contribution in [2.45, 2.75) is 12.5 Å². The Balaban J connectivity index is 1.82. The zero-order chi connectivity index (χ0) is 14.7. The molecule has 1 heterocycles. The third-order valence-corrected chi connectivity index (χ3v) is 3.50. The molecule has 3 N–H and O–H groups in total. The Morgan fingerprint density at radius 1 is 1.10 bits per heavy atom. The quantitative estimate of drug-likeness (QED) is 0.670. The van der Waals surface area contributed by atoms with Crippen LogP contribution in [0.15, 0.2) is 42.5 Å². The molecule has 5 heteroatoms. The molecule has 2 aromatic carbocycles. The largest absolute Gasteiger partial charge is 0.486 e. The molecule has 4 nitrogen and oxygen atoms in total. The van der Waals surface area contributed by atoms with Gasteiger partial charge in [0, 0.05) is 0 Å². The molecule has 3 rings (SSSR count). The van der Waals surface area contributed by atoms with Crippen molar-refractivity contribution in [1.29, 1.82) is 0 Å². The Morgan fingerprint density at radius 3 is 2.67 bits per heavy atom. The van der Waals surface area contributed by atoms with E-state index in [1.807, 2.05) is 24.3 Å². The Labute approximate surface area is 122 Å². The molecule has 0 fully saturated rings. The summed E-state index contributed by atoms with van der Waals surface area (Å²) in [7, 11) is 0. The second-order valence-corrected chi connectivity index (χ2v) is 4.96. The maximum absolute atomic E-state index is 13.3. The van der Waals surface area contributed by atoms with E-state index in [1.54, 1.807) is 6.07 Å². The van der Waals surface area contributed by atoms with Crippen LogP contribution in [0.4, 0.5) is 4.39 Å². The fraction of sp³-hybridized carbons (Fsp3) is 0.250. The summed E-state index contributed by atoms with van der Waals surface area (Å²) < 4.78 is 24.3. The van der Waals surface area contributed by atoms with Crippen LogP contribution in [0, 0.1) is 5.82 Å². The second kappa shape index (κ2) is 6.11. The summed E-state index contributed by atoms with van der Waals surface area (Å²) in [4.78, 5) is 0. The van der Waals surface area contributed by atoms with Gasteiger partial charge in [-0.3, -0.25) is 11.3 Å². The van der Waals surface area contributed by atoms with Gasteiger partial charge in [0.2, 0.25) is 0 Å². The minimum atomic E-state index is -0.245. The van der Waals surface area contributed by atoms with Crippen molar-refractivity contribution in [3.8, 4) is 11.5 Å². The molecule has 0 amide bonds. The molecular formula is C16H17FN2O2. The van der Waals surface area contributed by atoms with Gasteiger partial charge < -0.3 is 9.47 Å². The number of hydrogen-bond acceptors (Lipinski definition) is 4. The van der Waals surface area contributed by atoms with Crippen LogP contribution in [0.25, 0.3) is 0 Å². The molecule has 0 bridgehead atoms. The summed E-state index contributed by atoms with van der Waals surface area (Å²) in [5.74, 6) is 6.87. The summed E-state index contributed by atoms with van der Waals surface area (Å²) in [6.07, 6.45) is 0.591. The fourth-order valence-electron chi connectivity index (χ4n) is 2.45. The van der Waals surface area contributed by atoms with E-state index in [4.69, 9.17) is 15.3 Å². The number of rotatable bonds is 4. The van der Waals surface area contributed by atoms with Crippen molar-refractivity contribution in [2.24, 2.45) is 5.84 Å². The topological polar surface area (TPSA) is 56.5 Å². The molecule has 0 saturated carbocycles. The molecule has 1 aliphatic heterocycles. The van der Waals surface area contributed by atoms with Crippen LogP contribution in [0.1, 0.15) is 17.2 Å². The zero-order valence-corrected chi connectivity index (χ0v) is 11.5. The van der Waals surface area contributed by atoms with Crippen molar-refractivity contribution in [3.63, 3.8) is 0 Å². The molecule has 0 saturated heterocycles. The lowest BCUT2D eigenvalue weighted by molar-refractivity contribution is 0.171. The van der Waals surface area contributed by atoms with E-state index < -0.39 is 0 Å². The van der Waals surface area contributed by atoms with E-state index in [0.29, 0.717) is 19.6 Å². The molecule has 110 valence electrons. The van der Waals surface area contributed by atoms with Crippen LogP contribution in [-0.4, -0.2) is 13.2 Å². The highest BCUT2D eigenvalue weighted by atomic mass is 19.1. The first-order valence-electron chi connectivity index (χ1n) is 6.86. The van der Waals surface area contributed by atoms with Gasteiger partial charge in [-0.2, -0.15) is 0 Å². The van der Waals surface area contributed by atoms with Crippen LogP contribution in [0.3, 0.4) is 0 Å². The average molecular weight is 288 g/mol. The first kappa shape index (κ1) is 13.9. The Bertz CT molecular complexity index is 633. The lowest BCUT2D eigenvalue weighted by Crippen LogP contribution is -2.29. The molecule has 1 unspecified atom stereocenters.